The van der Waals surface area contributed by atoms with Gasteiger partial charge in [-0.2, -0.15) is 0 Å². The smallest absolute Gasteiger partial charge is 0.188 e. The minimum atomic E-state index is 0.569. The van der Waals surface area contributed by atoms with Crippen molar-refractivity contribution >= 4 is 5.96 Å². The van der Waals surface area contributed by atoms with Gasteiger partial charge in [-0.05, 0) is 56.7 Å². The van der Waals surface area contributed by atoms with E-state index in [0.717, 1.165) is 24.9 Å². The quantitative estimate of drug-likeness (QED) is 0.556. The van der Waals surface area contributed by atoms with Gasteiger partial charge in [0, 0.05) is 13.1 Å². The maximum Gasteiger partial charge on any atom is 0.188 e. The van der Waals surface area contributed by atoms with Crippen LogP contribution in [0.3, 0.4) is 0 Å². The zero-order chi connectivity index (χ0) is 15.0. The molecule has 0 aliphatic carbocycles. The van der Waals surface area contributed by atoms with Crippen LogP contribution in [0.4, 0.5) is 0 Å². The third kappa shape index (κ3) is 7.73. The Labute approximate surface area is 125 Å². The van der Waals surface area contributed by atoms with Crippen LogP contribution in [-0.4, -0.2) is 43.6 Å². The first-order chi connectivity index (χ1) is 9.47. The molecular weight excluding hydrogens is 248 g/mol. The van der Waals surface area contributed by atoms with E-state index in [0.29, 0.717) is 11.9 Å². The van der Waals surface area contributed by atoms with Crippen LogP contribution in [0.25, 0.3) is 0 Å². The number of hydrogen-bond donors (Lipinski definition) is 2. The van der Waals surface area contributed by atoms with Gasteiger partial charge in [0.2, 0.25) is 0 Å². The summed E-state index contributed by atoms with van der Waals surface area (Å²) in [6.07, 6.45) is 3.88. The van der Waals surface area contributed by atoms with Crippen molar-refractivity contribution in [3.05, 3.63) is 0 Å². The second-order valence-corrected chi connectivity index (χ2v) is 6.97. The van der Waals surface area contributed by atoms with Gasteiger partial charge in [-0.3, -0.25) is 4.99 Å². The van der Waals surface area contributed by atoms with E-state index < -0.39 is 0 Å². The summed E-state index contributed by atoms with van der Waals surface area (Å²) in [7, 11) is 0. The molecule has 0 atom stereocenters. The molecule has 4 heteroatoms. The monoisotopic (exact) mass is 282 g/mol. The van der Waals surface area contributed by atoms with Crippen molar-refractivity contribution in [2.75, 3.05) is 32.7 Å². The topological polar surface area (TPSA) is 53.6 Å². The van der Waals surface area contributed by atoms with Crippen molar-refractivity contribution in [1.82, 2.24) is 10.2 Å². The third-order valence-corrected chi connectivity index (χ3v) is 3.93. The normalized spacial score (nSPS) is 19.0. The number of piperidine rings is 1. The minimum absolute atomic E-state index is 0.569. The molecule has 0 aromatic heterocycles. The number of nitrogens with zero attached hydrogens (tertiary/aromatic N) is 2. The number of guanidine groups is 1. The molecule has 0 aromatic rings. The molecule has 1 aliphatic rings. The van der Waals surface area contributed by atoms with E-state index in [2.05, 4.69) is 42.9 Å². The highest BCUT2D eigenvalue weighted by atomic mass is 15.1. The van der Waals surface area contributed by atoms with Crippen LogP contribution in [0.15, 0.2) is 4.99 Å². The highest BCUT2D eigenvalue weighted by Gasteiger charge is 2.18. The molecule has 20 heavy (non-hydrogen) atoms. The van der Waals surface area contributed by atoms with Gasteiger partial charge in [0.15, 0.2) is 5.96 Å². The van der Waals surface area contributed by atoms with E-state index >= 15 is 0 Å². The first-order valence-electron chi connectivity index (χ1n) is 8.23. The summed E-state index contributed by atoms with van der Waals surface area (Å²) in [6, 6.07) is 0. The van der Waals surface area contributed by atoms with Crippen molar-refractivity contribution in [3.8, 4) is 0 Å². The molecule has 118 valence electrons. The van der Waals surface area contributed by atoms with Crippen molar-refractivity contribution < 1.29 is 0 Å². The van der Waals surface area contributed by atoms with Gasteiger partial charge in [0.05, 0.1) is 0 Å². The van der Waals surface area contributed by atoms with Gasteiger partial charge in [-0.1, -0.05) is 27.7 Å². The van der Waals surface area contributed by atoms with Crippen LogP contribution < -0.4 is 11.1 Å². The second kappa shape index (κ2) is 9.22. The predicted molar refractivity (Wildman–Crippen MR) is 87.9 cm³/mol. The fraction of sp³-hybridized carbons (Fsp3) is 0.938. The summed E-state index contributed by atoms with van der Waals surface area (Å²) in [5.41, 5.74) is 5.88. The lowest BCUT2D eigenvalue weighted by Gasteiger charge is -2.32. The first kappa shape index (κ1) is 17.3. The first-order valence-corrected chi connectivity index (χ1v) is 8.23. The predicted octanol–water partition coefficient (Wildman–Crippen LogP) is 2.30. The maximum absolute atomic E-state index is 5.88. The van der Waals surface area contributed by atoms with Crippen LogP contribution in [0.1, 0.15) is 47.0 Å². The molecule has 1 heterocycles. The molecule has 1 rings (SSSR count). The van der Waals surface area contributed by atoms with Gasteiger partial charge < -0.3 is 16.0 Å². The maximum atomic E-state index is 5.88. The molecule has 1 saturated heterocycles. The molecule has 0 spiro atoms. The molecule has 0 amide bonds. The third-order valence-electron chi connectivity index (χ3n) is 3.93. The lowest BCUT2D eigenvalue weighted by molar-refractivity contribution is 0.177. The largest absolute Gasteiger partial charge is 0.370 e. The minimum Gasteiger partial charge on any atom is -0.370 e. The van der Waals surface area contributed by atoms with E-state index in [9.17, 15) is 0 Å². The molecule has 0 aromatic carbocycles. The summed E-state index contributed by atoms with van der Waals surface area (Å²) in [5.74, 6) is 2.74. The van der Waals surface area contributed by atoms with Crippen LogP contribution in [0, 0.1) is 17.8 Å². The van der Waals surface area contributed by atoms with Gasteiger partial charge in [0.1, 0.15) is 0 Å². The molecule has 4 nitrogen and oxygen atoms in total. The van der Waals surface area contributed by atoms with Crippen LogP contribution in [0.2, 0.25) is 0 Å². The molecular formula is C16H34N4. The lowest BCUT2D eigenvalue weighted by Crippen LogP contribution is -2.41. The molecule has 0 radical (unpaired) electrons. The standard InChI is InChI=1S/C16H34N4/c1-13(2)5-8-20-9-6-15(7-10-20)12-19-16(17)18-11-14(3)4/h13-15H,5-12H2,1-4H3,(H3,17,18,19). The van der Waals surface area contributed by atoms with Crippen LogP contribution in [0.5, 0.6) is 0 Å². The van der Waals surface area contributed by atoms with Gasteiger partial charge >= 0.3 is 0 Å². The summed E-state index contributed by atoms with van der Waals surface area (Å²) < 4.78 is 0. The van der Waals surface area contributed by atoms with Crippen LogP contribution >= 0.6 is 0 Å². The zero-order valence-electron chi connectivity index (χ0n) is 13.9. The SMILES string of the molecule is CC(C)CCN1CCC(CNC(N)=NCC(C)C)CC1. The fourth-order valence-electron chi connectivity index (χ4n) is 2.44. The summed E-state index contributed by atoms with van der Waals surface area (Å²) in [5, 5.41) is 3.28. The van der Waals surface area contributed by atoms with Crippen LogP contribution in [-0.2, 0) is 0 Å². The average molecular weight is 282 g/mol. The van der Waals surface area contributed by atoms with Gasteiger partial charge in [-0.25, -0.2) is 0 Å². The van der Waals surface area contributed by atoms with E-state index in [1.807, 2.05) is 0 Å². The summed E-state index contributed by atoms with van der Waals surface area (Å²) in [6.45, 7) is 14.4. The second-order valence-electron chi connectivity index (χ2n) is 6.97. The van der Waals surface area contributed by atoms with E-state index in [1.54, 1.807) is 0 Å². The van der Waals surface area contributed by atoms with Crippen molar-refractivity contribution in [3.63, 3.8) is 0 Å². The van der Waals surface area contributed by atoms with Crippen molar-refractivity contribution in [2.45, 2.75) is 47.0 Å². The van der Waals surface area contributed by atoms with Gasteiger partial charge in [0.25, 0.3) is 0 Å². The lowest BCUT2D eigenvalue weighted by atomic mass is 9.96. The Morgan fingerprint density at radius 2 is 1.85 bits per heavy atom. The summed E-state index contributed by atoms with van der Waals surface area (Å²) >= 11 is 0. The van der Waals surface area contributed by atoms with E-state index in [4.69, 9.17) is 5.73 Å². The highest BCUT2D eigenvalue weighted by Crippen LogP contribution is 2.17. The van der Waals surface area contributed by atoms with Crippen molar-refractivity contribution in [2.24, 2.45) is 28.5 Å². The Morgan fingerprint density at radius 3 is 2.40 bits per heavy atom. The molecule has 0 saturated carbocycles. The molecule has 0 unspecified atom stereocenters. The number of aliphatic imine (C=N–C) groups is 1. The molecule has 3 N–H and O–H groups in total. The Balaban J connectivity index is 2.14. The Kier molecular flexibility index (Phi) is 7.97. The number of nitrogens with two attached hydrogens (primary N) is 1. The number of rotatable bonds is 7. The Hall–Kier alpha value is -0.770. The average Bonchev–Trinajstić information content (AvgIpc) is 2.41. The number of hydrogen-bond acceptors (Lipinski definition) is 2. The zero-order valence-corrected chi connectivity index (χ0v) is 13.9. The van der Waals surface area contributed by atoms with E-state index in [1.165, 1.54) is 38.9 Å². The van der Waals surface area contributed by atoms with Crippen molar-refractivity contribution in [1.29, 1.82) is 0 Å². The van der Waals surface area contributed by atoms with Gasteiger partial charge in [-0.15, -0.1) is 0 Å². The molecule has 1 fully saturated rings. The highest BCUT2D eigenvalue weighted by molar-refractivity contribution is 5.77. The van der Waals surface area contributed by atoms with E-state index in [-0.39, 0.29) is 0 Å². The molecule has 1 aliphatic heterocycles. The Morgan fingerprint density at radius 1 is 1.20 bits per heavy atom. The number of likely N-dealkylation sites (tertiary alicyclic amines) is 1. The number of nitrogens with one attached hydrogen (secondary N) is 1. The Bertz CT molecular complexity index is 278. The summed E-state index contributed by atoms with van der Waals surface area (Å²) in [4.78, 5) is 6.95. The molecule has 0 bridgehead atoms. The fourth-order valence-corrected chi connectivity index (χ4v) is 2.44.